The lowest BCUT2D eigenvalue weighted by molar-refractivity contribution is 0.568. The molecular weight excluding hydrogens is 468 g/mol. The van der Waals surface area contributed by atoms with Crippen molar-refractivity contribution in [2.45, 2.75) is 60.5 Å². The summed E-state index contributed by atoms with van der Waals surface area (Å²) >= 11 is 0. The maximum atomic E-state index is 13.6. The molecule has 2 aromatic carbocycles. The molecule has 0 radical (unpaired) electrons. The fourth-order valence-corrected chi connectivity index (χ4v) is 7.17. The Bertz CT molecular complexity index is 1350. The van der Waals surface area contributed by atoms with Crippen LogP contribution in [0.1, 0.15) is 60.1 Å². The number of aryl methyl sites for hydroxylation is 2. The van der Waals surface area contributed by atoms with Crippen molar-refractivity contribution in [1.29, 1.82) is 0 Å². The van der Waals surface area contributed by atoms with Gasteiger partial charge in [-0.15, -0.1) is 0 Å². The van der Waals surface area contributed by atoms with Gasteiger partial charge in [0.05, 0.1) is 9.79 Å². The number of sulfonamides is 1. The minimum Gasteiger partial charge on any atom is -0.264 e. The third kappa shape index (κ3) is 5.24. The number of hydrogen-bond acceptors (Lipinski definition) is 5. The molecule has 0 aliphatic heterocycles. The van der Waals surface area contributed by atoms with Crippen molar-refractivity contribution in [2.24, 2.45) is 0 Å². The number of benzene rings is 2. The first kappa shape index (κ1) is 24.6. The van der Waals surface area contributed by atoms with E-state index in [0.29, 0.717) is 5.56 Å². The molecule has 1 unspecified atom stereocenters. The summed E-state index contributed by atoms with van der Waals surface area (Å²) in [5.41, 5.74) is 3.70. The lowest BCUT2D eigenvalue weighted by Gasteiger charge is -2.20. The van der Waals surface area contributed by atoms with Crippen LogP contribution in [-0.4, -0.2) is 28.4 Å². The second-order valence-corrected chi connectivity index (χ2v) is 12.9. The number of sulfone groups is 1. The lowest BCUT2D eigenvalue weighted by Crippen LogP contribution is -2.32. The van der Waals surface area contributed by atoms with E-state index in [4.69, 9.17) is 0 Å². The van der Waals surface area contributed by atoms with Crippen LogP contribution in [0.15, 0.2) is 76.8 Å². The van der Waals surface area contributed by atoms with Crippen molar-refractivity contribution in [2.75, 3.05) is 6.54 Å². The molecule has 0 amide bonds. The summed E-state index contributed by atoms with van der Waals surface area (Å²) in [5.74, 6) is 0.273. The number of fused-ring (bicyclic) bond motifs is 1. The zero-order chi connectivity index (χ0) is 24.3. The quantitative estimate of drug-likeness (QED) is 0.491. The Morgan fingerprint density at radius 1 is 0.853 bits per heavy atom. The van der Waals surface area contributed by atoms with Gasteiger partial charge in [0, 0.05) is 18.9 Å². The van der Waals surface area contributed by atoms with Gasteiger partial charge in [0.2, 0.25) is 10.0 Å². The Morgan fingerprint density at radius 2 is 1.53 bits per heavy atom. The van der Waals surface area contributed by atoms with Gasteiger partial charge in [-0.25, -0.2) is 21.6 Å². The highest BCUT2D eigenvalue weighted by Crippen LogP contribution is 2.30. The molecule has 3 aromatic rings. The predicted molar refractivity (Wildman–Crippen MR) is 133 cm³/mol. The van der Waals surface area contributed by atoms with E-state index in [0.717, 1.165) is 36.8 Å². The third-order valence-corrected chi connectivity index (χ3v) is 9.93. The van der Waals surface area contributed by atoms with Crippen LogP contribution in [0.5, 0.6) is 0 Å². The Morgan fingerprint density at radius 3 is 2.18 bits per heavy atom. The van der Waals surface area contributed by atoms with Gasteiger partial charge in [0.1, 0.15) is 5.25 Å². The lowest BCUT2D eigenvalue weighted by atomic mass is 9.92. The fraction of sp³-hybridized carbons (Fsp3) is 0.346. The number of nitrogens with zero attached hydrogens (tertiary/aromatic N) is 1. The molecule has 0 bridgehead atoms. The van der Waals surface area contributed by atoms with Crippen molar-refractivity contribution in [3.63, 3.8) is 0 Å². The Hall–Kier alpha value is -2.55. The molecule has 180 valence electrons. The molecule has 6 nitrogen and oxygen atoms in total. The average Bonchev–Trinajstić information content (AvgIpc) is 2.84. The molecule has 1 aliphatic carbocycles. The predicted octanol–water partition coefficient (Wildman–Crippen LogP) is 4.58. The summed E-state index contributed by atoms with van der Waals surface area (Å²) in [6.45, 7) is 3.79. The fourth-order valence-electron chi connectivity index (χ4n) is 4.33. The first-order valence-corrected chi connectivity index (χ1v) is 14.6. The SMILES string of the molecule is CC(C)c1ccc(S(=O)(=O)C(CNS(=O)(=O)c2ccc3c(c2)CCCC3)c2cccnc2)cc1. The summed E-state index contributed by atoms with van der Waals surface area (Å²) in [7, 11) is -7.77. The van der Waals surface area contributed by atoms with Crippen LogP contribution in [0.3, 0.4) is 0 Å². The Kier molecular flexibility index (Phi) is 7.21. The zero-order valence-corrected chi connectivity index (χ0v) is 21.1. The van der Waals surface area contributed by atoms with Gasteiger partial charge in [0.25, 0.3) is 0 Å². The van der Waals surface area contributed by atoms with Crippen molar-refractivity contribution in [3.05, 3.63) is 89.2 Å². The molecule has 1 heterocycles. The number of rotatable bonds is 8. The van der Waals surface area contributed by atoms with Gasteiger partial charge < -0.3 is 0 Å². The van der Waals surface area contributed by atoms with Crippen LogP contribution < -0.4 is 4.72 Å². The van der Waals surface area contributed by atoms with Gasteiger partial charge in [0.15, 0.2) is 9.84 Å². The van der Waals surface area contributed by atoms with Crippen molar-refractivity contribution < 1.29 is 16.8 Å². The van der Waals surface area contributed by atoms with Crippen LogP contribution in [-0.2, 0) is 32.7 Å². The maximum Gasteiger partial charge on any atom is 0.240 e. The first-order valence-electron chi connectivity index (χ1n) is 11.5. The average molecular weight is 499 g/mol. The van der Waals surface area contributed by atoms with Crippen LogP contribution in [0.25, 0.3) is 0 Å². The van der Waals surface area contributed by atoms with Crippen LogP contribution in [0.2, 0.25) is 0 Å². The smallest absolute Gasteiger partial charge is 0.240 e. The van der Waals surface area contributed by atoms with E-state index in [9.17, 15) is 16.8 Å². The molecular formula is C26H30N2O4S2. The molecule has 1 aliphatic rings. The van der Waals surface area contributed by atoms with E-state index in [-0.39, 0.29) is 22.3 Å². The van der Waals surface area contributed by atoms with E-state index in [1.165, 1.54) is 11.8 Å². The van der Waals surface area contributed by atoms with E-state index >= 15 is 0 Å². The zero-order valence-electron chi connectivity index (χ0n) is 19.4. The standard InChI is InChI=1S/C26H30N2O4S2/c1-19(2)20-9-12-24(13-10-20)33(29,30)26(23-8-5-15-27-17-23)18-28-34(31,32)25-14-11-21-6-3-4-7-22(21)16-25/h5,8-17,19,26,28H,3-4,6-7,18H2,1-2H3. The van der Waals surface area contributed by atoms with Gasteiger partial charge in [-0.1, -0.05) is 38.1 Å². The minimum atomic E-state index is -3.89. The summed E-state index contributed by atoms with van der Waals surface area (Å²) in [6, 6.07) is 15.3. The highest BCUT2D eigenvalue weighted by molar-refractivity contribution is 7.92. The normalized spacial score (nSPS) is 15.1. The molecule has 34 heavy (non-hydrogen) atoms. The minimum absolute atomic E-state index is 0.152. The molecule has 0 spiro atoms. The molecule has 1 N–H and O–H groups in total. The van der Waals surface area contributed by atoms with Crippen LogP contribution in [0, 0.1) is 0 Å². The van der Waals surface area contributed by atoms with E-state index in [1.54, 1.807) is 54.7 Å². The molecule has 0 fully saturated rings. The highest BCUT2D eigenvalue weighted by atomic mass is 32.2. The second-order valence-electron chi connectivity index (χ2n) is 9.03. The van der Waals surface area contributed by atoms with Gasteiger partial charge in [-0.05, 0) is 84.2 Å². The van der Waals surface area contributed by atoms with E-state index < -0.39 is 25.1 Å². The first-order chi connectivity index (χ1) is 16.2. The molecule has 0 saturated carbocycles. The molecule has 1 atom stereocenters. The third-order valence-electron chi connectivity index (χ3n) is 6.40. The van der Waals surface area contributed by atoms with Crippen molar-refractivity contribution >= 4 is 19.9 Å². The summed E-state index contributed by atoms with van der Waals surface area (Å²) in [4.78, 5) is 4.37. The van der Waals surface area contributed by atoms with Crippen LogP contribution >= 0.6 is 0 Å². The van der Waals surface area contributed by atoms with Crippen molar-refractivity contribution in [1.82, 2.24) is 9.71 Å². The summed E-state index contributed by atoms with van der Waals surface area (Å²) < 4.78 is 56.0. The molecule has 8 heteroatoms. The molecule has 0 saturated heterocycles. The summed E-state index contributed by atoms with van der Waals surface area (Å²) in [5, 5.41) is -1.11. The molecule has 4 rings (SSSR count). The van der Waals surface area contributed by atoms with Gasteiger partial charge in [-0.2, -0.15) is 0 Å². The second kappa shape index (κ2) is 9.98. The number of nitrogens with one attached hydrogen (secondary N) is 1. The van der Waals surface area contributed by atoms with Crippen LogP contribution in [0.4, 0.5) is 0 Å². The van der Waals surface area contributed by atoms with E-state index in [1.807, 2.05) is 19.9 Å². The van der Waals surface area contributed by atoms with Gasteiger partial charge in [-0.3, -0.25) is 4.98 Å². The Balaban J connectivity index is 1.63. The number of pyridine rings is 1. The van der Waals surface area contributed by atoms with E-state index in [2.05, 4.69) is 9.71 Å². The monoisotopic (exact) mass is 498 g/mol. The maximum absolute atomic E-state index is 13.6. The number of aromatic nitrogens is 1. The number of hydrogen-bond donors (Lipinski definition) is 1. The van der Waals surface area contributed by atoms with Gasteiger partial charge >= 0.3 is 0 Å². The van der Waals surface area contributed by atoms with Crippen molar-refractivity contribution in [3.8, 4) is 0 Å². The Labute approximate surface area is 202 Å². The molecule has 1 aromatic heterocycles. The highest BCUT2D eigenvalue weighted by Gasteiger charge is 2.31. The largest absolute Gasteiger partial charge is 0.264 e. The summed E-state index contributed by atoms with van der Waals surface area (Å²) in [6.07, 6.45) is 7.00. The topological polar surface area (TPSA) is 93.2 Å².